The van der Waals surface area contributed by atoms with Crippen molar-refractivity contribution in [2.45, 2.75) is 12.5 Å². The van der Waals surface area contributed by atoms with Gasteiger partial charge >= 0.3 is 5.97 Å². The highest BCUT2D eigenvalue weighted by Gasteiger charge is 2.21. The molecule has 5 heteroatoms. The summed E-state index contributed by atoms with van der Waals surface area (Å²) >= 11 is 0. The summed E-state index contributed by atoms with van der Waals surface area (Å²) in [6, 6.07) is 13.3. The Kier molecular flexibility index (Phi) is 4.66. The van der Waals surface area contributed by atoms with Gasteiger partial charge in [-0.25, -0.2) is 4.39 Å². The minimum atomic E-state index is -1.11. The molecule has 0 aromatic heterocycles. The molecule has 0 spiro atoms. The Morgan fingerprint density at radius 2 is 1.67 bits per heavy atom. The van der Waals surface area contributed by atoms with E-state index in [9.17, 15) is 14.0 Å². The van der Waals surface area contributed by atoms with E-state index in [2.05, 4.69) is 5.32 Å². The summed E-state index contributed by atoms with van der Waals surface area (Å²) in [5, 5.41) is 11.5. The van der Waals surface area contributed by atoms with Gasteiger partial charge in [0.25, 0.3) is 5.91 Å². The first-order valence-electron chi connectivity index (χ1n) is 6.40. The maximum Gasteiger partial charge on any atom is 0.305 e. The van der Waals surface area contributed by atoms with Crippen molar-refractivity contribution >= 4 is 11.9 Å². The van der Waals surface area contributed by atoms with E-state index in [1.54, 1.807) is 36.4 Å². The van der Waals surface area contributed by atoms with Crippen LogP contribution in [0.1, 0.15) is 28.4 Å². The van der Waals surface area contributed by atoms with Crippen LogP contribution >= 0.6 is 0 Å². The molecule has 0 aliphatic rings. The van der Waals surface area contributed by atoms with Crippen LogP contribution in [0, 0.1) is 5.82 Å². The lowest BCUT2D eigenvalue weighted by Crippen LogP contribution is -2.30. The fraction of sp³-hybridized carbons (Fsp3) is 0.125. The Hall–Kier alpha value is -2.69. The number of carboxylic acid groups (broad SMARTS) is 1. The van der Waals surface area contributed by atoms with Crippen molar-refractivity contribution in [3.63, 3.8) is 0 Å². The molecule has 0 heterocycles. The summed E-state index contributed by atoms with van der Waals surface area (Å²) in [5.41, 5.74) is 0.549. The Morgan fingerprint density at radius 3 is 2.29 bits per heavy atom. The van der Waals surface area contributed by atoms with Gasteiger partial charge in [0.15, 0.2) is 0 Å². The Morgan fingerprint density at radius 1 is 1.05 bits per heavy atom. The van der Waals surface area contributed by atoms with Gasteiger partial charge in [0.2, 0.25) is 0 Å². The highest BCUT2D eigenvalue weighted by molar-refractivity contribution is 5.94. The molecular formula is C16H14FNO3. The van der Waals surface area contributed by atoms with E-state index in [4.69, 9.17) is 5.11 Å². The zero-order valence-corrected chi connectivity index (χ0v) is 11.1. The first kappa shape index (κ1) is 14.7. The molecule has 2 aromatic carbocycles. The lowest BCUT2D eigenvalue weighted by atomic mass is 10.0. The average Bonchev–Trinajstić information content (AvgIpc) is 2.47. The smallest absolute Gasteiger partial charge is 0.305 e. The van der Waals surface area contributed by atoms with Crippen molar-refractivity contribution < 1.29 is 19.1 Å². The number of aliphatic carboxylic acids is 1. The Balaban J connectivity index is 2.23. The maximum absolute atomic E-state index is 13.8. The molecule has 2 aromatic rings. The molecule has 4 nitrogen and oxygen atoms in total. The average molecular weight is 287 g/mol. The quantitative estimate of drug-likeness (QED) is 0.888. The zero-order chi connectivity index (χ0) is 15.2. The van der Waals surface area contributed by atoms with Crippen LogP contribution in [0.5, 0.6) is 0 Å². The highest BCUT2D eigenvalue weighted by atomic mass is 19.1. The molecule has 1 atom stereocenters. The minimum absolute atomic E-state index is 0.157. The molecule has 1 amide bonds. The molecule has 0 aliphatic carbocycles. The number of carboxylic acids is 1. The van der Waals surface area contributed by atoms with Crippen molar-refractivity contribution in [3.8, 4) is 0 Å². The van der Waals surface area contributed by atoms with Crippen LogP contribution in [0.3, 0.4) is 0 Å². The van der Waals surface area contributed by atoms with Gasteiger partial charge in [-0.15, -0.1) is 0 Å². The first-order chi connectivity index (χ1) is 10.1. The second-order valence-corrected chi connectivity index (χ2v) is 4.51. The summed E-state index contributed by atoms with van der Waals surface area (Å²) in [5.74, 6) is -2.10. The van der Waals surface area contributed by atoms with E-state index in [1.807, 2.05) is 0 Å². The molecule has 2 N–H and O–H groups in total. The second kappa shape index (κ2) is 6.65. The number of nitrogens with one attached hydrogen (secondary N) is 1. The van der Waals surface area contributed by atoms with Gasteiger partial charge < -0.3 is 10.4 Å². The van der Waals surface area contributed by atoms with Crippen LogP contribution in [0.15, 0.2) is 54.6 Å². The van der Waals surface area contributed by atoms with E-state index < -0.39 is 23.7 Å². The maximum atomic E-state index is 13.8. The van der Waals surface area contributed by atoms with Crippen LogP contribution in [-0.2, 0) is 4.79 Å². The van der Waals surface area contributed by atoms with Crippen molar-refractivity contribution in [2.24, 2.45) is 0 Å². The van der Waals surface area contributed by atoms with Crippen LogP contribution in [0.4, 0.5) is 4.39 Å². The number of halogens is 1. The van der Waals surface area contributed by atoms with E-state index >= 15 is 0 Å². The predicted molar refractivity (Wildman–Crippen MR) is 75.3 cm³/mol. The third kappa shape index (κ3) is 3.89. The summed E-state index contributed by atoms with van der Waals surface area (Å²) in [6.07, 6.45) is -0.389. The number of carbonyl (C=O) groups is 2. The first-order valence-corrected chi connectivity index (χ1v) is 6.40. The van der Waals surface area contributed by atoms with Gasteiger partial charge in [-0.2, -0.15) is 0 Å². The topological polar surface area (TPSA) is 66.4 Å². The van der Waals surface area contributed by atoms with E-state index in [-0.39, 0.29) is 12.0 Å². The third-order valence-corrected chi connectivity index (χ3v) is 3.00. The fourth-order valence-electron chi connectivity index (χ4n) is 2.00. The fourth-order valence-corrected chi connectivity index (χ4v) is 2.00. The normalized spacial score (nSPS) is 11.7. The number of hydrogen-bond donors (Lipinski definition) is 2. The number of carbonyl (C=O) groups excluding carboxylic acids is 1. The minimum Gasteiger partial charge on any atom is -0.481 e. The standard InChI is InChI=1S/C16H14FNO3/c17-13-9-5-4-8-12(13)14(10-15(19)20)18-16(21)11-6-2-1-3-7-11/h1-9,14H,10H2,(H,18,21)(H,19,20). The molecule has 2 rings (SSSR count). The van der Waals surface area contributed by atoms with Crippen molar-refractivity contribution in [1.82, 2.24) is 5.32 Å². The van der Waals surface area contributed by atoms with Gasteiger partial charge in [-0.05, 0) is 18.2 Å². The molecule has 0 aliphatic heterocycles. The van der Waals surface area contributed by atoms with Gasteiger partial charge in [0.1, 0.15) is 5.82 Å². The molecular weight excluding hydrogens is 273 g/mol. The molecule has 0 saturated heterocycles. The van der Waals surface area contributed by atoms with E-state index in [0.29, 0.717) is 5.56 Å². The molecule has 1 unspecified atom stereocenters. The largest absolute Gasteiger partial charge is 0.481 e. The predicted octanol–water partition coefficient (Wildman–Crippen LogP) is 2.77. The van der Waals surface area contributed by atoms with Gasteiger partial charge in [-0.3, -0.25) is 9.59 Å². The van der Waals surface area contributed by atoms with Crippen LogP contribution < -0.4 is 5.32 Å². The van der Waals surface area contributed by atoms with Crippen LogP contribution in [0.25, 0.3) is 0 Å². The highest BCUT2D eigenvalue weighted by Crippen LogP contribution is 2.20. The zero-order valence-electron chi connectivity index (χ0n) is 11.1. The van der Waals surface area contributed by atoms with Crippen LogP contribution in [0.2, 0.25) is 0 Å². The number of hydrogen-bond acceptors (Lipinski definition) is 2. The van der Waals surface area contributed by atoms with Crippen molar-refractivity contribution in [3.05, 3.63) is 71.5 Å². The SMILES string of the molecule is O=C(O)CC(NC(=O)c1ccccc1)c1ccccc1F. The molecule has 0 fully saturated rings. The summed E-state index contributed by atoms with van der Waals surface area (Å²) < 4.78 is 13.8. The van der Waals surface area contributed by atoms with Crippen LogP contribution in [-0.4, -0.2) is 17.0 Å². The lowest BCUT2D eigenvalue weighted by Gasteiger charge is -2.18. The molecule has 0 radical (unpaired) electrons. The Labute approximate surface area is 121 Å². The number of benzene rings is 2. The summed E-state index contributed by atoms with van der Waals surface area (Å²) in [6.45, 7) is 0. The Bertz CT molecular complexity index is 643. The monoisotopic (exact) mass is 287 g/mol. The van der Waals surface area contributed by atoms with Gasteiger partial charge in [-0.1, -0.05) is 36.4 Å². The lowest BCUT2D eigenvalue weighted by molar-refractivity contribution is -0.137. The number of amides is 1. The third-order valence-electron chi connectivity index (χ3n) is 3.00. The molecule has 108 valence electrons. The van der Waals surface area contributed by atoms with E-state index in [0.717, 1.165) is 0 Å². The van der Waals surface area contributed by atoms with E-state index in [1.165, 1.54) is 18.2 Å². The van der Waals surface area contributed by atoms with Crippen molar-refractivity contribution in [1.29, 1.82) is 0 Å². The van der Waals surface area contributed by atoms with Crippen molar-refractivity contribution in [2.75, 3.05) is 0 Å². The van der Waals surface area contributed by atoms with Gasteiger partial charge in [0.05, 0.1) is 12.5 Å². The summed E-state index contributed by atoms with van der Waals surface area (Å²) in [4.78, 5) is 23.0. The second-order valence-electron chi connectivity index (χ2n) is 4.51. The molecule has 0 bridgehead atoms. The molecule has 0 saturated carbocycles. The molecule has 21 heavy (non-hydrogen) atoms. The number of rotatable bonds is 5. The van der Waals surface area contributed by atoms with Gasteiger partial charge in [0, 0.05) is 11.1 Å². The summed E-state index contributed by atoms with van der Waals surface area (Å²) in [7, 11) is 0.